The van der Waals surface area contributed by atoms with Crippen LogP contribution in [0.25, 0.3) is 10.9 Å². The molecule has 0 aliphatic carbocycles. The Morgan fingerprint density at radius 3 is 2.62 bits per heavy atom. The lowest BCUT2D eigenvalue weighted by Crippen LogP contribution is -2.11. The van der Waals surface area contributed by atoms with Crippen LogP contribution in [0.5, 0.6) is 5.88 Å². The number of hydrazone groups is 1. The third-order valence-electron chi connectivity index (χ3n) is 3.68. The second-order valence-electron chi connectivity index (χ2n) is 5.73. The van der Waals surface area contributed by atoms with Crippen molar-refractivity contribution in [1.82, 2.24) is 10.4 Å². The molecule has 0 saturated carbocycles. The molecule has 0 radical (unpaired) electrons. The third-order valence-corrected chi connectivity index (χ3v) is 3.86. The quantitative estimate of drug-likeness (QED) is 0.282. The second-order valence-corrected chi connectivity index (χ2v) is 6.12. The van der Waals surface area contributed by atoms with Crippen LogP contribution in [0.3, 0.4) is 0 Å². The van der Waals surface area contributed by atoms with Crippen molar-refractivity contribution in [2.75, 3.05) is 19.0 Å². The van der Waals surface area contributed by atoms with Crippen LogP contribution in [-0.4, -0.2) is 35.5 Å². The van der Waals surface area contributed by atoms with Crippen LogP contribution in [-0.2, 0) is 0 Å². The largest absolute Gasteiger partial charge is 0.493 e. The van der Waals surface area contributed by atoms with Crippen LogP contribution in [0.15, 0.2) is 63.9 Å². The molecule has 26 heavy (non-hydrogen) atoms. The molecule has 132 valence electrons. The van der Waals surface area contributed by atoms with E-state index in [9.17, 15) is 5.11 Å². The van der Waals surface area contributed by atoms with Gasteiger partial charge in [0, 0.05) is 25.2 Å². The van der Waals surface area contributed by atoms with Crippen LogP contribution < -0.4 is 10.3 Å². The maximum absolute atomic E-state index is 9.93. The number of hydrogen-bond donors (Lipinski definition) is 3. The summed E-state index contributed by atoms with van der Waals surface area (Å²) >= 11 is 5.08. The number of benzene rings is 2. The van der Waals surface area contributed by atoms with E-state index in [1.807, 2.05) is 67.5 Å². The number of hydrogen-bond acceptors (Lipinski definition) is 5. The minimum absolute atomic E-state index is 0.0535. The fourth-order valence-electron chi connectivity index (χ4n) is 2.35. The van der Waals surface area contributed by atoms with Gasteiger partial charge in [-0.2, -0.15) is 5.10 Å². The average Bonchev–Trinajstić information content (AvgIpc) is 2.95. The average molecular weight is 366 g/mol. The number of thiocarbonyl (C=S) groups is 1. The topological polar surface area (TPSA) is 88.4 Å². The Morgan fingerprint density at radius 1 is 1.15 bits per heavy atom. The Balaban J connectivity index is 1.63. The van der Waals surface area contributed by atoms with E-state index < -0.39 is 0 Å². The van der Waals surface area contributed by atoms with Gasteiger partial charge in [-0.1, -0.05) is 30.3 Å². The third kappa shape index (κ3) is 4.04. The first-order chi connectivity index (χ1) is 12.5. The molecule has 0 atom stereocenters. The molecular weight excluding hydrogens is 348 g/mol. The van der Waals surface area contributed by atoms with Crippen molar-refractivity contribution in [2.24, 2.45) is 15.3 Å². The molecule has 0 fully saturated rings. The fourth-order valence-corrected chi connectivity index (χ4v) is 2.45. The maximum Gasteiger partial charge on any atom is 0.234 e. The summed E-state index contributed by atoms with van der Waals surface area (Å²) < 4.78 is 0. The van der Waals surface area contributed by atoms with Crippen molar-refractivity contribution in [3.63, 3.8) is 0 Å². The lowest BCUT2D eigenvalue weighted by atomic mass is 10.2. The van der Waals surface area contributed by atoms with Gasteiger partial charge in [0.05, 0.1) is 11.7 Å². The number of aromatic amines is 1. The molecule has 1 aromatic heterocycles. The highest BCUT2D eigenvalue weighted by atomic mass is 32.1. The van der Waals surface area contributed by atoms with Gasteiger partial charge in [0.25, 0.3) is 0 Å². The fraction of sp³-hybridized carbons (Fsp3) is 0.111. The summed E-state index contributed by atoms with van der Waals surface area (Å²) in [5.74, 6) is -0.0535. The predicted octanol–water partition coefficient (Wildman–Crippen LogP) is 3.93. The number of aromatic nitrogens is 1. The highest BCUT2D eigenvalue weighted by Gasteiger charge is 2.09. The molecule has 0 unspecified atom stereocenters. The highest BCUT2D eigenvalue weighted by molar-refractivity contribution is 7.80. The van der Waals surface area contributed by atoms with E-state index in [4.69, 9.17) is 12.2 Å². The highest BCUT2D eigenvalue weighted by Crippen LogP contribution is 2.35. The first-order valence-corrected chi connectivity index (χ1v) is 8.27. The SMILES string of the molecule is CN(C)c1ccc(/C=N/NC(=S)N=Nc2c(O)[nH]c3ccccc23)cc1. The van der Waals surface area contributed by atoms with Gasteiger partial charge in [-0.3, -0.25) is 5.43 Å². The van der Waals surface area contributed by atoms with Crippen molar-refractivity contribution in [3.05, 3.63) is 54.1 Å². The van der Waals surface area contributed by atoms with Crippen molar-refractivity contribution < 1.29 is 5.11 Å². The number of rotatable bonds is 4. The van der Waals surface area contributed by atoms with Gasteiger partial charge in [0.2, 0.25) is 11.0 Å². The minimum Gasteiger partial charge on any atom is -0.493 e. The monoisotopic (exact) mass is 366 g/mol. The molecular formula is C18H18N6OS. The summed E-state index contributed by atoms with van der Waals surface area (Å²) in [6.07, 6.45) is 1.64. The van der Waals surface area contributed by atoms with Gasteiger partial charge in [0.1, 0.15) is 0 Å². The Kier molecular flexibility index (Phi) is 5.23. The molecule has 0 spiro atoms. The van der Waals surface area contributed by atoms with Crippen LogP contribution in [0.4, 0.5) is 11.4 Å². The molecule has 3 N–H and O–H groups in total. The molecule has 3 aromatic rings. The number of H-pyrrole nitrogens is 1. The summed E-state index contributed by atoms with van der Waals surface area (Å²) in [5.41, 5.74) is 5.79. The number of nitrogens with zero attached hydrogens (tertiary/aromatic N) is 4. The number of fused-ring (bicyclic) bond motifs is 1. The van der Waals surface area contributed by atoms with E-state index in [-0.39, 0.29) is 11.0 Å². The van der Waals surface area contributed by atoms with Gasteiger partial charge in [-0.15, -0.1) is 10.2 Å². The molecule has 0 bridgehead atoms. The lowest BCUT2D eigenvalue weighted by molar-refractivity contribution is 0.459. The minimum atomic E-state index is -0.0535. The summed E-state index contributed by atoms with van der Waals surface area (Å²) in [6, 6.07) is 15.3. The Labute approximate surface area is 156 Å². The maximum atomic E-state index is 9.93. The molecule has 0 aliphatic rings. The van der Waals surface area contributed by atoms with Gasteiger partial charge in [-0.25, -0.2) is 0 Å². The van der Waals surface area contributed by atoms with Gasteiger partial charge in [-0.05, 0) is 36.0 Å². The van der Waals surface area contributed by atoms with Crippen LogP contribution >= 0.6 is 12.2 Å². The molecule has 0 amide bonds. The first kappa shape index (κ1) is 17.6. The Morgan fingerprint density at radius 2 is 1.88 bits per heavy atom. The van der Waals surface area contributed by atoms with E-state index in [2.05, 4.69) is 25.7 Å². The number of anilines is 1. The van der Waals surface area contributed by atoms with Gasteiger partial charge in [0.15, 0.2) is 5.69 Å². The standard InChI is InChI=1S/C18H18N6OS/c1-24(2)13-9-7-12(8-10-13)11-19-22-18(26)23-21-16-14-5-3-4-6-15(14)20-17(16)25/h3-11,20,25H,1-2H3,(H,22,26)/b19-11+,23-21?. The van der Waals surface area contributed by atoms with Gasteiger partial charge < -0.3 is 15.0 Å². The molecule has 1 heterocycles. The van der Waals surface area contributed by atoms with E-state index in [1.54, 1.807) is 6.21 Å². The molecule has 3 rings (SSSR count). The van der Waals surface area contributed by atoms with Crippen molar-refractivity contribution >= 4 is 45.8 Å². The van der Waals surface area contributed by atoms with Crippen molar-refractivity contribution in [3.8, 4) is 5.88 Å². The number of nitrogens with one attached hydrogen (secondary N) is 2. The first-order valence-electron chi connectivity index (χ1n) is 7.86. The zero-order valence-electron chi connectivity index (χ0n) is 14.3. The van der Waals surface area contributed by atoms with E-state index in [0.29, 0.717) is 5.69 Å². The number of para-hydroxylation sites is 1. The molecule has 0 saturated heterocycles. The van der Waals surface area contributed by atoms with Crippen LogP contribution in [0.2, 0.25) is 0 Å². The molecule has 2 aromatic carbocycles. The van der Waals surface area contributed by atoms with Crippen molar-refractivity contribution in [2.45, 2.75) is 0 Å². The normalized spacial score (nSPS) is 11.5. The van der Waals surface area contributed by atoms with Gasteiger partial charge >= 0.3 is 0 Å². The molecule has 7 nitrogen and oxygen atoms in total. The number of azo groups is 1. The molecule has 8 heteroatoms. The number of aromatic hydroxyl groups is 1. The van der Waals surface area contributed by atoms with E-state index >= 15 is 0 Å². The summed E-state index contributed by atoms with van der Waals surface area (Å²) in [4.78, 5) is 4.86. The van der Waals surface area contributed by atoms with Crippen LogP contribution in [0, 0.1) is 0 Å². The van der Waals surface area contributed by atoms with E-state index in [0.717, 1.165) is 22.2 Å². The zero-order valence-corrected chi connectivity index (χ0v) is 15.2. The molecule has 0 aliphatic heterocycles. The van der Waals surface area contributed by atoms with Crippen molar-refractivity contribution in [1.29, 1.82) is 0 Å². The summed E-state index contributed by atoms with van der Waals surface area (Å²) in [7, 11) is 3.97. The Bertz CT molecular complexity index is 975. The lowest BCUT2D eigenvalue weighted by Gasteiger charge is -2.11. The van der Waals surface area contributed by atoms with Crippen LogP contribution in [0.1, 0.15) is 5.56 Å². The smallest absolute Gasteiger partial charge is 0.234 e. The summed E-state index contributed by atoms with van der Waals surface area (Å²) in [5, 5.41) is 22.7. The summed E-state index contributed by atoms with van der Waals surface area (Å²) in [6.45, 7) is 0. The second kappa shape index (κ2) is 7.75. The predicted molar refractivity (Wildman–Crippen MR) is 109 cm³/mol. The Hall–Kier alpha value is -3.26. The van der Waals surface area contributed by atoms with E-state index in [1.165, 1.54) is 0 Å². The zero-order chi connectivity index (χ0) is 18.5.